The van der Waals surface area contributed by atoms with Gasteiger partial charge in [0.2, 0.25) is 5.91 Å². The number of aliphatic hydroxyl groups excluding tert-OH is 1. The molecule has 50 heavy (non-hydrogen) atoms. The van der Waals surface area contributed by atoms with E-state index in [1.165, 1.54) is 0 Å². The Hall–Kier alpha value is -3.77. The number of nitrogens with one attached hydrogen (secondary N) is 2. The summed E-state index contributed by atoms with van der Waals surface area (Å²) in [7, 11) is -1.11. The number of aliphatic hydroxyl groups is 1. The highest BCUT2D eigenvalue weighted by Gasteiger charge is 2.33. The quantitative estimate of drug-likeness (QED) is 0.223. The number of alkyl carbamates (subject to hydrolysis) is 1. The van der Waals surface area contributed by atoms with Crippen LogP contribution < -0.4 is 15.4 Å². The van der Waals surface area contributed by atoms with Crippen LogP contribution in [-0.4, -0.2) is 89.2 Å². The molecule has 0 aromatic heterocycles. The van der Waals surface area contributed by atoms with Gasteiger partial charge in [-0.15, -0.1) is 0 Å². The minimum absolute atomic E-state index is 0.0778. The van der Waals surface area contributed by atoms with Crippen molar-refractivity contribution in [1.29, 1.82) is 0 Å². The van der Waals surface area contributed by atoms with Crippen molar-refractivity contribution in [1.82, 2.24) is 15.5 Å². The molecule has 0 saturated carbocycles. The van der Waals surface area contributed by atoms with Gasteiger partial charge in [-0.1, -0.05) is 66.7 Å². The van der Waals surface area contributed by atoms with Crippen LogP contribution in [0.15, 0.2) is 78.9 Å². The van der Waals surface area contributed by atoms with E-state index in [1.54, 1.807) is 20.8 Å². The van der Waals surface area contributed by atoms with Gasteiger partial charge in [0.15, 0.2) is 0 Å². The second kappa shape index (κ2) is 17.9. The largest absolute Gasteiger partial charge is 0.492 e. The average Bonchev–Trinajstić information content (AvgIpc) is 3.08. The Balaban J connectivity index is 1.32. The number of benzene rings is 3. The van der Waals surface area contributed by atoms with E-state index in [2.05, 4.69) is 15.5 Å². The number of fused-ring (bicyclic) bond motifs is 1. The van der Waals surface area contributed by atoms with E-state index >= 15 is 0 Å². The smallest absolute Gasteiger partial charge is 0.407 e. The maximum atomic E-state index is 14.1. The third-order valence-electron chi connectivity index (χ3n) is 8.96. The van der Waals surface area contributed by atoms with Gasteiger partial charge in [-0.25, -0.2) is 4.79 Å². The van der Waals surface area contributed by atoms with E-state index < -0.39 is 46.6 Å². The van der Waals surface area contributed by atoms with Crippen LogP contribution in [0.25, 0.3) is 0 Å². The maximum absolute atomic E-state index is 14.1. The Morgan fingerprint density at radius 3 is 2.36 bits per heavy atom. The number of morpholine rings is 1. The van der Waals surface area contributed by atoms with Gasteiger partial charge >= 0.3 is 6.09 Å². The Morgan fingerprint density at radius 1 is 0.960 bits per heavy atom. The summed E-state index contributed by atoms with van der Waals surface area (Å²) in [6, 6.07) is 23.9. The van der Waals surface area contributed by atoms with Crippen LogP contribution in [0.4, 0.5) is 4.79 Å². The molecule has 10 nitrogen and oxygen atoms in total. The first-order valence-electron chi connectivity index (χ1n) is 17.5. The van der Waals surface area contributed by atoms with Gasteiger partial charge in [0.05, 0.1) is 31.4 Å². The Kier molecular flexibility index (Phi) is 13.4. The molecule has 3 aromatic rings. The van der Waals surface area contributed by atoms with Crippen molar-refractivity contribution in [3.63, 3.8) is 0 Å². The number of carbonyl (C=O) groups excluding carboxylic acids is 2. The van der Waals surface area contributed by atoms with E-state index in [-0.39, 0.29) is 12.3 Å². The SMILES string of the molecule is CC(C)(C)OC(=O)NC(Cc1ccccc1)C(O)CC(Cc1ccc(OCCN2CCOCC2)cc1)C(=O)N[C@@H]1CS(=O)Cc2ccccc21. The van der Waals surface area contributed by atoms with Gasteiger partial charge in [0.25, 0.3) is 0 Å². The highest BCUT2D eigenvalue weighted by atomic mass is 32.2. The van der Waals surface area contributed by atoms with Crippen LogP contribution in [0.3, 0.4) is 0 Å². The highest BCUT2D eigenvalue weighted by Crippen LogP contribution is 2.28. The van der Waals surface area contributed by atoms with E-state index in [0.29, 0.717) is 31.0 Å². The number of ether oxygens (including phenoxy) is 3. The molecular formula is C39H51N3O7S. The minimum Gasteiger partial charge on any atom is -0.492 e. The molecule has 0 radical (unpaired) electrons. The molecule has 2 heterocycles. The van der Waals surface area contributed by atoms with Gasteiger partial charge in [-0.3, -0.25) is 13.9 Å². The van der Waals surface area contributed by atoms with Gasteiger partial charge in [0, 0.05) is 47.9 Å². The molecule has 3 aromatic carbocycles. The molecule has 0 aliphatic carbocycles. The second-order valence-corrected chi connectivity index (χ2v) is 15.6. The van der Waals surface area contributed by atoms with Crippen LogP contribution in [0.5, 0.6) is 5.75 Å². The highest BCUT2D eigenvalue weighted by molar-refractivity contribution is 7.84. The van der Waals surface area contributed by atoms with Crippen molar-refractivity contribution in [2.45, 2.75) is 69.6 Å². The lowest BCUT2D eigenvalue weighted by molar-refractivity contribution is -0.126. The zero-order valence-corrected chi connectivity index (χ0v) is 30.2. The van der Waals surface area contributed by atoms with Crippen LogP contribution >= 0.6 is 0 Å². The summed E-state index contributed by atoms with van der Waals surface area (Å²) in [4.78, 5) is 29.4. The average molecular weight is 706 g/mol. The maximum Gasteiger partial charge on any atom is 0.407 e. The molecule has 2 aliphatic rings. The number of nitrogens with zero attached hydrogens (tertiary/aromatic N) is 1. The molecule has 1 fully saturated rings. The first-order chi connectivity index (χ1) is 24.0. The Morgan fingerprint density at radius 2 is 1.64 bits per heavy atom. The molecule has 2 amide bonds. The summed E-state index contributed by atoms with van der Waals surface area (Å²) in [5.41, 5.74) is 3.05. The summed E-state index contributed by atoms with van der Waals surface area (Å²) in [5, 5.41) is 17.8. The van der Waals surface area contributed by atoms with Crippen molar-refractivity contribution in [3.05, 3.63) is 101 Å². The van der Waals surface area contributed by atoms with Crippen molar-refractivity contribution in [2.75, 3.05) is 45.2 Å². The number of hydrogen-bond donors (Lipinski definition) is 3. The minimum atomic E-state index is -1.11. The van der Waals surface area contributed by atoms with Crippen LogP contribution in [0.2, 0.25) is 0 Å². The molecule has 1 saturated heterocycles. The van der Waals surface area contributed by atoms with E-state index in [0.717, 1.165) is 60.9 Å². The Labute approximate surface area is 298 Å². The zero-order chi connectivity index (χ0) is 35.5. The van der Waals surface area contributed by atoms with Gasteiger partial charge in [0.1, 0.15) is 18.0 Å². The van der Waals surface area contributed by atoms with Gasteiger partial charge < -0.3 is 30.0 Å². The molecular weight excluding hydrogens is 655 g/mol. The van der Waals surface area contributed by atoms with Crippen LogP contribution in [0, 0.1) is 5.92 Å². The monoisotopic (exact) mass is 705 g/mol. The molecule has 3 N–H and O–H groups in total. The van der Waals surface area contributed by atoms with Crippen LogP contribution in [0.1, 0.15) is 55.5 Å². The molecule has 5 atom stereocenters. The zero-order valence-electron chi connectivity index (χ0n) is 29.3. The van der Waals surface area contributed by atoms with Crippen molar-refractivity contribution in [3.8, 4) is 5.75 Å². The third-order valence-corrected chi connectivity index (χ3v) is 10.3. The van der Waals surface area contributed by atoms with E-state index in [1.807, 2.05) is 78.9 Å². The van der Waals surface area contributed by atoms with Crippen LogP contribution in [-0.2, 0) is 43.7 Å². The number of hydrogen-bond acceptors (Lipinski definition) is 8. The molecule has 0 spiro atoms. The number of rotatable bonds is 14. The van der Waals surface area contributed by atoms with Gasteiger partial charge in [-0.2, -0.15) is 0 Å². The lowest BCUT2D eigenvalue weighted by Gasteiger charge is -2.31. The predicted molar refractivity (Wildman–Crippen MR) is 194 cm³/mol. The third kappa shape index (κ3) is 11.7. The van der Waals surface area contributed by atoms with Crippen molar-refractivity contribution < 1.29 is 33.1 Å². The molecule has 11 heteroatoms. The first-order valence-corrected chi connectivity index (χ1v) is 19.0. The molecule has 5 rings (SSSR count). The number of carbonyl (C=O) groups is 2. The topological polar surface area (TPSA) is 126 Å². The summed E-state index contributed by atoms with van der Waals surface area (Å²) in [6.45, 7) is 10.0. The summed E-state index contributed by atoms with van der Waals surface area (Å²) >= 11 is 0. The fourth-order valence-electron chi connectivity index (χ4n) is 6.40. The van der Waals surface area contributed by atoms with E-state index in [9.17, 15) is 18.9 Å². The normalized spacial score (nSPS) is 19.8. The molecule has 0 bridgehead atoms. The summed E-state index contributed by atoms with van der Waals surface area (Å²) in [5.74, 6) is 0.631. The van der Waals surface area contributed by atoms with Crippen molar-refractivity contribution >= 4 is 22.8 Å². The molecule has 4 unspecified atom stereocenters. The van der Waals surface area contributed by atoms with E-state index in [4.69, 9.17) is 14.2 Å². The summed E-state index contributed by atoms with van der Waals surface area (Å²) < 4.78 is 29.7. The lowest BCUT2D eigenvalue weighted by Crippen LogP contribution is -2.48. The molecule has 270 valence electrons. The molecule has 2 aliphatic heterocycles. The van der Waals surface area contributed by atoms with Crippen molar-refractivity contribution in [2.24, 2.45) is 5.92 Å². The summed E-state index contributed by atoms with van der Waals surface area (Å²) in [6.07, 6.45) is -0.938. The second-order valence-electron chi connectivity index (χ2n) is 14.1. The lowest BCUT2D eigenvalue weighted by atomic mass is 9.88. The Bertz CT molecular complexity index is 1560. The predicted octanol–water partition coefficient (Wildman–Crippen LogP) is 4.56. The fourth-order valence-corrected chi connectivity index (χ4v) is 7.76. The fraction of sp³-hybridized carbons (Fsp3) is 0.487. The van der Waals surface area contributed by atoms with Gasteiger partial charge in [-0.05, 0) is 74.4 Å². The first kappa shape index (κ1) is 37.5. The number of amides is 2. The standard InChI is InChI=1S/C39H51N3O7S/c1-39(2,3)49-38(45)41-34(24-28-9-5-4-6-10-28)36(43)25-31(37(44)40-35-27-50(46)26-30-11-7-8-12-33(30)35)23-29-13-15-32(16-14-29)48-22-19-42-17-20-47-21-18-42/h4-16,31,34-36,43H,17-27H2,1-3H3,(H,40,44)(H,41,45)/t31?,34?,35-,36?,50?/m1/s1.